The molecule has 104 valence electrons. The topological polar surface area (TPSA) is 25.2 Å². The first-order valence-electron chi connectivity index (χ1n) is 6.96. The van der Waals surface area contributed by atoms with Crippen LogP contribution >= 0.6 is 11.3 Å². The second kappa shape index (κ2) is 5.93. The zero-order chi connectivity index (χ0) is 14.0. The largest absolute Gasteiger partial charge is 0.466 e. The summed E-state index contributed by atoms with van der Waals surface area (Å²) in [4.78, 5) is 2.82. The number of hydrogen-bond acceptors (Lipinski definition) is 3. The lowest BCUT2D eigenvalue weighted by molar-refractivity contribution is 0.494. The minimum Gasteiger partial charge on any atom is -0.466 e. The predicted octanol–water partition coefficient (Wildman–Crippen LogP) is 4.53. The Morgan fingerprint density at radius 1 is 1.16 bits per heavy atom. The number of nitrogens with one attached hydrogen (secondary N) is 1. The third kappa shape index (κ3) is 2.77. The molecule has 0 amide bonds. The molecular weight excluding hydrogens is 254 g/mol. The van der Waals surface area contributed by atoms with Crippen molar-refractivity contribution in [3.05, 3.63) is 44.5 Å². The molecule has 0 saturated carbocycles. The molecule has 3 heteroatoms. The van der Waals surface area contributed by atoms with Gasteiger partial charge in [0.05, 0.1) is 6.04 Å². The molecule has 2 nitrogen and oxygen atoms in total. The number of hydrogen-bond donors (Lipinski definition) is 1. The van der Waals surface area contributed by atoms with E-state index in [1.54, 1.807) is 0 Å². The van der Waals surface area contributed by atoms with E-state index in [-0.39, 0.29) is 6.04 Å². The highest BCUT2D eigenvalue weighted by Gasteiger charge is 2.23. The second-order valence-electron chi connectivity index (χ2n) is 4.90. The fourth-order valence-corrected chi connectivity index (χ4v) is 3.56. The smallest absolute Gasteiger partial charge is 0.106 e. The Hall–Kier alpha value is -1.06. The van der Waals surface area contributed by atoms with Crippen molar-refractivity contribution in [3.8, 4) is 0 Å². The van der Waals surface area contributed by atoms with Gasteiger partial charge in [-0.05, 0) is 51.4 Å². The van der Waals surface area contributed by atoms with E-state index in [4.69, 9.17) is 4.42 Å². The molecule has 19 heavy (non-hydrogen) atoms. The molecule has 0 saturated heterocycles. The summed E-state index contributed by atoms with van der Waals surface area (Å²) in [5.74, 6) is 2.06. The highest BCUT2D eigenvalue weighted by molar-refractivity contribution is 7.12. The van der Waals surface area contributed by atoms with Crippen molar-refractivity contribution in [3.63, 3.8) is 0 Å². The number of furan rings is 1. The molecular formula is C16H23NOS. The molecule has 0 bridgehead atoms. The summed E-state index contributed by atoms with van der Waals surface area (Å²) in [7, 11) is 0. The van der Waals surface area contributed by atoms with Crippen molar-refractivity contribution < 1.29 is 4.42 Å². The molecule has 1 atom stereocenters. The molecule has 0 aliphatic heterocycles. The third-order valence-electron chi connectivity index (χ3n) is 3.63. The molecule has 0 fully saturated rings. The summed E-state index contributed by atoms with van der Waals surface area (Å²) in [6.07, 6.45) is 1.10. The highest BCUT2D eigenvalue weighted by Crippen LogP contribution is 2.34. The molecule has 2 aromatic rings. The van der Waals surface area contributed by atoms with Crippen LogP contribution in [0.25, 0.3) is 0 Å². The van der Waals surface area contributed by atoms with Crippen LogP contribution < -0.4 is 5.32 Å². The molecule has 0 aliphatic rings. The van der Waals surface area contributed by atoms with Crippen LogP contribution in [0.5, 0.6) is 0 Å². The van der Waals surface area contributed by atoms with Gasteiger partial charge in [0.15, 0.2) is 0 Å². The molecule has 0 spiro atoms. The first-order valence-corrected chi connectivity index (χ1v) is 7.78. The summed E-state index contributed by atoms with van der Waals surface area (Å²) in [5, 5.41) is 3.60. The molecule has 2 heterocycles. The van der Waals surface area contributed by atoms with Gasteiger partial charge < -0.3 is 9.73 Å². The maximum absolute atomic E-state index is 5.79. The van der Waals surface area contributed by atoms with Gasteiger partial charge in [-0.15, -0.1) is 11.3 Å². The minimum atomic E-state index is 0.257. The SMILES string of the molecule is CCNC(c1ccc(CC)s1)c1c(C)oc(C)c1C. The van der Waals surface area contributed by atoms with Crippen molar-refractivity contribution in [2.45, 2.75) is 47.1 Å². The van der Waals surface area contributed by atoms with Crippen LogP contribution in [0.3, 0.4) is 0 Å². The lowest BCUT2D eigenvalue weighted by atomic mass is 10.0. The van der Waals surface area contributed by atoms with E-state index in [2.05, 4.69) is 45.1 Å². The van der Waals surface area contributed by atoms with E-state index in [0.29, 0.717) is 0 Å². The molecule has 1 unspecified atom stereocenters. The van der Waals surface area contributed by atoms with Crippen LogP contribution in [-0.4, -0.2) is 6.54 Å². The highest BCUT2D eigenvalue weighted by atomic mass is 32.1. The third-order valence-corrected chi connectivity index (χ3v) is 4.92. The molecule has 0 aliphatic carbocycles. The van der Waals surface area contributed by atoms with Crippen LogP contribution in [0.2, 0.25) is 0 Å². The van der Waals surface area contributed by atoms with Gasteiger partial charge in [0.25, 0.3) is 0 Å². The van der Waals surface area contributed by atoms with Crippen LogP contribution in [-0.2, 0) is 6.42 Å². The average Bonchev–Trinajstić information content (AvgIpc) is 2.94. The van der Waals surface area contributed by atoms with E-state index in [0.717, 1.165) is 24.5 Å². The van der Waals surface area contributed by atoms with Gasteiger partial charge >= 0.3 is 0 Å². The second-order valence-corrected chi connectivity index (χ2v) is 6.10. The molecule has 2 aromatic heterocycles. The number of thiophene rings is 1. The van der Waals surface area contributed by atoms with E-state index in [9.17, 15) is 0 Å². The van der Waals surface area contributed by atoms with E-state index >= 15 is 0 Å². The van der Waals surface area contributed by atoms with Crippen molar-refractivity contribution >= 4 is 11.3 Å². The van der Waals surface area contributed by atoms with Gasteiger partial charge in [-0.25, -0.2) is 0 Å². The van der Waals surface area contributed by atoms with Crippen molar-refractivity contribution in [1.82, 2.24) is 5.32 Å². The Morgan fingerprint density at radius 3 is 2.37 bits per heavy atom. The molecule has 1 N–H and O–H groups in total. The molecule has 0 aromatic carbocycles. The first kappa shape index (κ1) is 14.4. The van der Waals surface area contributed by atoms with Gasteiger partial charge in [-0.3, -0.25) is 0 Å². The number of aryl methyl sites for hydroxylation is 3. The maximum Gasteiger partial charge on any atom is 0.106 e. The van der Waals surface area contributed by atoms with Crippen molar-refractivity contribution in [2.24, 2.45) is 0 Å². The first-order chi connectivity index (χ1) is 9.08. The summed E-state index contributed by atoms with van der Waals surface area (Å²) in [6, 6.07) is 4.74. The standard InChI is InChI=1S/C16H23NOS/c1-6-13-8-9-14(19-13)16(17-7-2)15-10(3)11(4)18-12(15)5/h8-9,16-17H,6-7H2,1-5H3. The fraction of sp³-hybridized carbons (Fsp3) is 0.500. The van der Waals surface area contributed by atoms with E-state index < -0.39 is 0 Å². The van der Waals surface area contributed by atoms with Gasteiger partial charge in [-0.1, -0.05) is 13.8 Å². The maximum atomic E-state index is 5.79. The van der Waals surface area contributed by atoms with E-state index in [1.165, 1.54) is 20.9 Å². The lowest BCUT2D eigenvalue weighted by Gasteiger charge is -2.17. The Kier molecular flexibility index (Phi) is 4.48. The van der Waals surface area contributed by atoms with Crippen LogP contribution in [0.15, 0.2) is 16.5 Å². The van der Waals surface area contributed by atoms with Crippen molar-refractivity contribution in [1.29, 1.82) is 0 Å². The van der Waals surface area contributed by atoms with Gasteiger partial charge in [-0.2, -0.15) is 0 Å². The molecule has 0 radical (unpaired) electrons. The summed E-state index contributed by atoms with van der Waals surface area (Å²) < 4.78 is 5.79. The van der Waals surface area contributed by atoms with Gasteiger partial charge in [0.1, 0.15) is 11.5 Å². The summed E-state index contributed by atoms with van der Waals surface area (Å²) >= 11 is 1.90. The van der Waals surface area contributed by atoms with Gasteiger partial charge in [0, 0.05) is 15.3 Å². The summed E-state index contributed by atoms with van der Waals surface area (Å²) in [5.41, 5.74) is 2.58. The summed E-state index contributed by atoms with van der Waals surface area (Å²) in [6.45, 7) is 11.6. The zero-order valence-electron chi connectivity index (χ0n) is 12.5. The average molecular weight is 277 g/mol. The Balaban J connectivity index is 2.44. The van der Waals surface area contributed by atoms with Crippen LogP contribution in [0.4, 0.5) is 0 Å². The number of rotatable bonds is 5. The monoisotopic (exact) mass is 277 g/mol. The van der Waals surface area contributed by atoms with Gasteiger partial charge in [0.2, 0.25) is 0 Å². The minimum absolute atomic E-state index is 0.257. The van der Waals surface area contributed by atoms with Crippen LogP contribution in [0.1, 0.15) is 52.3 Å². The van der Waals surface area contributed by atoms with E-state index in [1.807, 2.05) is 18.3 Å². The Morgan fingerprint density at radius 2 is 1.89 bits per heavy atom. The molecule has 2 rings (SSSR count). The zero-order valence-corrected chi connectivity index (χ0v) is 13.3. The van der Waals surface area contributed by atoms with Crippen molar-refractivity contribution in [2.75, 3.05) is 6.54 Å². The quantitative estimate of drug-likeness (QED) is 0.868. The predicted molar refractivity (Wildman–Crippen MR) is 82.1 cm³/mol. The lowest BCUT2D eigenvalue weighted by Crippen LogP contribution is -2.22. The normalized spacial score (nSPS) is 12.9. The Labute approximate surface area is 119 Å². The Bertz CT molecular complexity index is 553. The van der Waals surface area contributed by atoms with Crippen LogP contribution in [0, 0.1) is 20.8 Å². The fourth-order valence-electron chi connectivity index (χ4n) is 2.52.